The Bertz CT molecular complexity index is 831. The Morgan fingerprint density at radius 3 is 3.09 bits per heavy atom. The number of aromatic nitrogens is 4. The third kappa shape index (κ3) is 2.61. The number of likely N-dealkylation sites (tertiary alicyclic amines) is 1. The second kappa shape index (κ2) is 5.68. The van der Waals surface area contributed by atoms with Gasteiger partial charge in [0.2, 0.25) is 0 Å². The molecule has 1 unspecified atom stereocenters. The third-order valence-corrected chi connectivity index (χ3v) is 4.02. The predicted molar refractivity (Wildman–Crippen MR) is 85.2 cm³/mol. The van der Waals surface area contributed by atoms with Crippen molar-refractivity contribution in [3.63, 3.8) is 0 Å². The van der Waals surface area contributed by atoms with Gasteiger partial charge in [-0.3, -0.25) is 9.78 Å². The highest BCUT2D eigenvalue weighted by Crippen LogP contribution is 2.18. The molecule has 23 heavy (non-hydrogen) atoms. The number of rotatable bonds is 3. The van der Waals surface area contributed by atoms with Gasteiger partial charge in [0, 0.05) is 43.9 Å². The van der Waals surface area contributed by atoms with Crippen molar-refractivity contribution in [1.29, 1.82) is 0 Å². The number of hydrogen-bond acceptors (Lipinski definition) is 5. The molecule has 7 heteroatoms. The van der Waals surface area contributed by atoms with Gasteiger partial charge >= 0.3 is 0 Å². The topological polar surface area (TPSA) is 75.4 Å². The molecular weight excluding hydrogens is 292 g/mol. The van der Waals surface area contributed by atoms with Gasteiger partial charge in [0.05, 0.1) is 11.9 Å². The molecule has 1 aliphatic rings. The third-order valence-electron chi connectivity index (χ3n) is 4.02. The average molecular weight is 308 g/mol. The summed E-state index contributed by atoms with van der Waals surface area (Å²) in [6, 6.07) is 5.90. The molecule has 0 saturated carbocycles. The lowest BCUT2D eigenvalue weighted by Gasteiger charge is -2.17. The molecule has 1 atom stereocenters. The maximum Gasteiger partial charge on any atom is 0.259 e. The van der Waals surface area contributed by atoms with Crippen molar-refractivity contribution in [1.82, 2.24) is 24.5 Å². The van der Waals surface area contributed by atoms with E-state index in [1.54, 1.807) is 41.6 Å². The van der Waals surface area contributed by atoms with E-state index in [0.717, 1.165) is 18.7 Å². The molecule has 0 aliphatic carbocycles. The van der Waals surface area contributed by atoms with Crippen LogP contribution in [0.4, 0.5) is 5.69 Å². The van der Waals surface area contributed by atoms with Gasteiger partial charge in [0.1, 0.15) is 5.56 Å². The monoisotopic (exact) mass is 308 g/mol. The highest BCUT2D eigenvalue weighted by molar-refractivity contribution is 5.99. The maximum atomic E-state index is 12.7. The van der Waals surface area contributed by atoms with Crippen LogP contribution >= 0.6 is 0 Å². The minimum absolute atomic E-state index is 0.0193. The molecule has 1 N–H and O–H groups in total. The number of amides is 1. The predicted octanol–water partition coefficient (Wildman–Crippen LogP) is 1.45. The van der Waals surface area contributed by atoms with Crippen molar-refractivity contribution >= 4 is 17.2 Å². The Hall–Kier alpha value is -2.96. The summed E-state index contributed by atoms with van der Waals surface area (Å²) in [6.07, 6.45) is 9.49. The zero-order valence-corrected chi connectivity index (χ0v) is 12.5. The minimum Gasteiger partial charge on any atom is -0.379 e. The first-order valence-corrected chi connectivity index (χ1v) is 7.55. The van der Waals surface area contributed by atoms with Crippen molar-refractivity contribution in [3.05, 3.63) is 54.7 Å². The van der Waals surface area contributed by atoms with E-state index in [4.69, 9.17) is 0 Å². The molecule has 0 spiro atoms. The summed E-state index contributed by atoms with van der Waals surface area (Å²) in [7, 11) is 0. The van der Waals surface area contributed by atoms with Gasteiger partial charge in [-0.2, -0.15) is 5.10 Å². The van der Waals surface area contributed by atoms with Crippen LogP contribution < -0.4 is 5.32 Å². The molecule has 4 heterocycles. The lowest BCUT2D eigenvalue weighted by Crippen LogP contribution is -2.31. The molecule has 1 fully saturated rings. The summed E-state index contributed by atoms with van der Waals surface area (Å²) in [5.74, 6) is -0.0193. The van der Waals surface area contributed by atoms with Gasteiger partial charge in [-0.1, -0.05) is 0 Å². The Morgan fingerprint density at radius 1 is 1.26 bits per heavy atom. The first-order chi connectivity index (χ1) is 11.3. The van der Waals surface area contributed by atoms with E-state index in [-0.39, 0.29) is 11.9 Å². The van der Waals surface area contributed by atoms with Crippen LogP contribution in [-0.2, 0) is 0 Å². The zero-order chi connectivity index (χ0) is 15.6. The SMILES string of the molecule is O=C(c1cnn2cccnc12)N1CCC(Nc2cccnc2)C1. The Labute approximate surface area is 133 Å². The standard InChI is InChI=1S/C16H16N6O/c23-16(14-10-19-22-7-2-6-18-15(14)22)21-8-4-13(11-21)20-12-3-1-5-17-9-12/h1-3,5-7,9-10,13,20H,4,8,11H2. The van der Waals surface area contributed by atoms with Gasteiger partial charge in [-0.05, 0) is 24.6 Å². The Balaban J connectivity index is 1.48. The summed E-state index contributed by atoms with van der Waals surface area (Å²) in [4.78, 5) is 22.9. The van der Waals surface area contributed by atoms with Gasteiger partial charge < -0.3 is 10.2 Å². The van der Waals surface area contributed by atoms with Crippen LogP contribution in [0.2, 0.25) is 0 Å². The molecule has 1 aliphatic heterocycles. The van der Waals surface area contributed by atoms with Crippen LogP contribution in [0.25, 0.3) is 5.65 Å². The normalized spacial score (nSPS) is 17.6. The number of nitrogens with one attached hydrogen (secondary N) is 1. The largest absolute Gasteiger partial charge is 0.379 e. The highest BCUT2D eigenvalue weighted by Gasteiger charge is 2.28. The molecule has 1 amide bonds. The lowest BCUT2D eigenvalue weighted by molar-refractivity contribution is 0.0793. The van der Waals surface area contributed by atoms with Crippen LogP contribution in [0.5, 0.6) is 0 Å². The van der Waals surface area contributed by atoms with Gasteiger partial charge in [-0.15, -0.1) is 0 Å². The Morgan fingerprint density at radius 2 is 2.22 bits per heavy atom. The average Bonchev–Trinajstić information content (AvgIpc) is 3.22. The second-order valence-electron chi connectivity index (χ2n) is 5.57. The van der Waals surface area contributed by atoms with Gasteiger partial charge in [-0.25, -0.2) is 9.50 Å². The second-order valence-corrected chi connectivity index (χ2v) is 5.57. The van der Waals surface area contributed by atoms with Crippen LogP contribution in [0, 0.1) is 0 Å². The van der Waals surface area contributed by atoms with E-state index in [0.29, 0.717) is 17.8 Å². The number of anilines is 1. The fourth-order valence-electron chi connectivity index (χ4n) is 2.89. The quantitative estimate of drug-likeness (QED) is 0.792. The summed E-state index contributed by atoms with van der Waals surface area (Å²) < 4.78 is 1.62. The lowest BCUT2D eigenvalue weighted by atomic mass is 10.2. The van der Waals surface area contributed by atoms with E-state index >= 15 is 0 Å². The van der Waals surface area contributed by atoms with Crippen molar-refractivity contribution < 1.29 is 4.79 Å². The van der Waals surface area contributed by atoms with E-state index in [9.17, 15) is 4.79 Å². The maximum absolute atomic E-state index is 12.7. The first-order valence-electron chi connectivity index (χ1n) is 7.55. The smallest absolute Gasteiger partial charge is 0.259 e. The van der Waals surface area contributed by atoms with Crippen molar-refractivity contribution in [2.75, 3.05) is 18.4 Å². The van der Waals surface area contributed by atoms with Crippen molar-refractivity contribution in [2.24, 2.45) is 0 Å². The molecule has 1 saturated heterocycles. The molecule has 116 valence electrons. The van der Waals surface area contributed by atoms with Crippen LogP contribution in [0.15, 0.2) is 49.2 Å². The number of hydrogen-bond donors (Lipinski definition) is 1. The van der Waals surface area contributed by atoms with Crippen molar-refractivity contribution in [2.45, 2.75) is 12.5 Å². The summed E-state index contributed by atoms with van der Waals surface area (Å²) in [5, 5.41) is 7.60. The minimum atomic E-state index is -0.0193. The number of carbonyl (C=O) groups excluding carboxylic acids is 1. The molecule has 0 bridgehead atoms. The van der Waals surface area contributed by atoms with Gasteiger partial charge in [0.15, 0.2) is 5.65 Å². The molecule has 4 rings (SSSR count). The molecule has 7 nitrogen and oxygen atoms in total. The van der Waals surface area contributed by atoms with Crippen LogP contribution in [0.1, 0.15) is 16.8 Å². The summed E-state index contributed by atoms with van der Waals surface area (Å²) in [6.45, 7) is 1.39. The highest BCUT2D eigenvalue weighted by atomic mass is 16.2. The number of nitrogens with zero attached hydrogens (tertiary/aromatic N) is 5. The summed E-state index contributed by atoms with van der Waals surface area (Å²) in [5.41, 5.74) is 2.12. The Kier molecular flexibility index (Phi) is 3.38. The van der Waals surface area contributed by atoms with Crippen LogP contribution in [0.3, 0.4) is 0 Å². The summed E-state index contributed by atoms with van der Waals surface area (Å²) >= 11 is 0. The van der Waals surface area contributed by atoms with E-state index < -0.39 is 0 Å². The van der Waals surface area contributed by atoms with E-state index in [2.05, 4.69) is 20.4 Å². The molecule has 3 aromatic heterocycles. The molecule has 0 aromatic carbocycles. The fourth-order valence-corrected chi connectivity index (χ4v) is 2.89. The van der Waals surface area contributed by atoms with Gasteiger partial charge in [0.25, 0.3) is 5.91 Å². The number of carbonyl (C=O) groups is 1. The van der Waals surface area contributed by atoms with E-state index in [1.807, 2.05) is 17.0 Å². The molecular formula is C16H16N6O. The van der Waals surface area contributed by atoms with E-state index in [1.165, 1.54) is 0 Å². The fraction of sp³-hybridized carbons (Fsp3) is 0.250. The first kappa shape index (κ1) is 13.7. The number of pyridine rings is 1. The van der Waals surface area contributed by atoms with Crippen molar-refractivity contribution in [3.8, 4) is 0 Å². The molecule has 3 aromatic rings. The van der Waals surface area contributed by atoms with Crippen LogP contribution in [-0.4, -0.2) is 49.5 Å². The zero-order valence-electron chi connectivity index (χ0n) is 12.5. The molecule has 0 radical (unpaired) electrons. The number of fused-ring (bicyclic) bond motifs is 1.